The number of carbonyl (C=O) groups is 1. The van der Waals surface area contributed by atoms with Crippen LogP contribution in [-0.2, 0) is 16.0 Å². The maximum atomic E-state index is 12.8. The molecule has 0 bridgehead atoms. The molecule has 4 rings (SSSR count). The lowest BCUT2D eigenvalue weighted by atomic mass is 10.1. The minimum absolute atomic E-state index is 0.0800. The summed E-state index contributed by atoms with van der Waals surface area (Å²) in [6.45, 7) is 3.43. The molecule has 2 aromatic carbocycles. The minimum atomic E-state index is 0.0800. The van der Waals surface area contributed by atoms with Crippen molar-refractivity contribution in [3.05, 3.63) is 53.9 Å². The third kappa shape index (κ3) is 5.18. The highest BCUT2D eigenvalue weighted by molar-refractivity contribution is 5.92. The maximum Gasteiger partial charge on any atom is 0.227 e. The number of amides is 1. The monoisotopic (exact) mass is 461 g/mol. The number of piperazine rings is 1. The van der Waals surface area contributed by atoms with Gasteiger partial charge in [0.05, 0.1) is 37.3 Å². The van der Waals surface area contributed by atoms with Crippen LogP contribution in [0.4, 0.5) is 5.82 Å². The highest BCUT2D eigenvalue weighted by Crippen LogP contribution is 2.35. The summed E-state index contributed by atoms with van der Waals surface area (Å²) in [6, 6.07) is 13.0. The number of hydrogen-bond acceptors (Lipinski definition) is 8. The predicted molar refractivity (Wildman–Crippen MR) is 127 cm³/mol. The standard InChI is InChI=1S/C25H27N5O4/c1-32-11-12-34-23-15-21-20(14-22(23)33-2)25(28-17-27-21)30-9-7-29(8-10-30)24(31)13-18-3-5-19(16-26)6-4-18/h3-6,14-15,17H,7-13H2,1-2H3. The van der Waals surface area contributed by atoms with Crippen LogP contribution in [0.25, 0.3) is 10.9 Å². The van der Waals surface area contributed by atoms with Crippen LogP contribution in [0.1, 0.15) is 11.1 Å². The third-order valence-electron chi connectivity index (χ3n) is 5.82. The summed E-state index contributed by atoms with van der Waals surface area (Å²) >= 11 is 0. The van der Waals surface area contributed by atoms with Gasteiger partial charge in [-0.25, -0.2) is 9.97 Å². The maximum absolute atomic E-state index is 12.8. The lowest BCUT2D eigenvalue weighted by Crippen LogP contribution is -2.49. The first-order valence-electron chi connectivity index (χ1n) is 11.1. The van der Waals surface area contributed by atoms with Gasteiger partial charge in [-0.05, 0) is 23.8 Å². The Kier molecular flexibility index (Phi) is 7.40. The summed E-state index contributed by atoms with van der Waals surface area (Å²) in [5.41, 5.74) is 2.26. The molecular formula is C25H27N5O4. The van der Waals surface area contributed by atoms with Gasteiger partial charge in [0, 0.05) is 44.7 Å². The largest absolute Gasteiger partial charge is 0.493 e. The van der Waals surface area contributed by atoms with Crippen LogP contribution in [0.15, 0.2) is 42.7 Å². The molecular weight excluding hydrogens is 434 g/mol. The van der Waals surface area contributed by atoms with E-state index in [1.807, 2.05) is 29.2 Å². The summed E-state index contributed by atoms with van der Waals surface area (Å²) in [6.07, 6.45) is 1.87. The Morgan fingerprint density at radius 1 is 1.03 bits per heavy atom. The number of anilines is 1. The highest BCUT2D eigenvalue weighted by atomic mass is 16.5. The molecule has 0 atom stereocenters. The van der Waals surface area contributed by atoms with Gasteiger partial charge in [-0.1, -0.05) is 12.1 Å². The first kappa shape index (κ1) is 23.3. The molecule has 1 aliphatic heterocycles. The summed E-state index contributed by atoms with van der Waals surface area (Å²) in [7, 11) is 3.23. The molecule has 0 saturated carbocycles. The first-order chi connectivity index (χ1) is 16.6. The van der Waals surface area contributed by atoms with E-state index < -0.39 is 0 Å². The van der Waals surface area contributed by atoms with Crippen molar-refractivity contribution in [2.45, 2.75) is 6.42 Å². The SMILES string of the molecule is COCCOc1cc2ncnc(N3CCN(C(=O)Cc4ccc(C#N)cc4)CC3)c2cc1OC. The molecule has 0 aliphatic carbocycles. The smallest absolute Gasteiger partial charge is 0.227 e. The molecule has 2 heterocycles. The van der Waals surface area contributed by atoms with Gasteiger partial charge in [0.25, 0.3) is 0 Å². The first-order valence-corrected chi connectivity index (χ1v) is 11.1. The van der Waals surface area contributed by atoms with E-state index in [2.05, 4.69) is 20.9 Å². The molecule has 9 nitrogen and oxygen atoms in total. The van der Waals surface area contributed by atoms with E-state index in [1.165, 1.54) is 0 Å². The van der Waals surface area contributed by atoms with Gasteiger partial charge >= 0.3 is 0 Å². The van der Waals surface area contributed by atoms with Crippen LogP contribution >= 0.6 is 0 Å². The molecule has 0 radical (unpaired) electrons. The fourth-order valence-electron chi connectivity index (χ4n) is 3.96. The number of nitriles is 1. The van der Waals surface area contributed by atoms with E-state index >= 15 is 0 Å². The van der Waals surface area contributed by atoms with E-state index in [4.69, 9.17) is 19.5 Å². The number of fused-ring (bicyclic) bond motifs is 1. The fraction of sp³-hybridized carbons (Fsp3) is 0.360. The van der Waals surface area contributed by atoms with Gasteiger partial charge in [0.15, 0.2) is 11.5 Å². The van der Waals surface area contributed by atoms with Crippen LogP contribution in [0.5, 0.6) is 11.5 Å². The molecule has 3 aromatic rings. The Morgan fingerprint density at radius 3 is 2.47 bits per heavy atom. The number of aromatic nitrogens is 2. The van der Waals surface area contributed by atoms with Crippen molar-refractivity contribution in [3.63, 3.8) is 0 Å². The van der Waals surface area contributed by atoms with E-state index in [0.717, 1.165) is 22.3 Å². The van der Waals surface area contributed by atoms with Gasteiger partial charge in [-0.3, -0.25) is 4.79 Å². The van der Waals surface area contributed by atoms with Crippen LogP contribution in [0.2, 0.25) is 0 Å². The van der Waals surface area contributed by atoms with Crippen molar-refractivity contribution in [2.24, 2.45) is 0 Å². The van der Waals surface area contributed by atoms with Crippen LogP contribution in [0.3, 0.4) is 0 Å². The lowest BCUT2D eigenvalue weighted by Gasteiger charge is -2.36. The Labute approximate surface area is 198 Å². The van der Waals surface area contributed by atoms with Gasteiger partial charge in [-0.15, -0.1) is 0 Å². The number of ether oxygens (including phenoxy) is 3. The summed E-state index contributed by atoms with van der Waals surface area (Å²) in [4.78, 5) is 25.8. The van der Waals surface area contributed by atoms with Crippen molar-refractivity contribution in [1.82, 2.24) is 14.9 Å². The van der Waals surface area contributed by atoms with Crippen LogP contribution < -0.4 is 14.4 Å². The van der Waals surface area contributed by atoms with Gasteiger partial charge < -0.3 is 24.0 Å². The minimum Gasteiger partial charge on any atom is -0.493 e. The van der Waals surface area contributed by atoms with Gasteiger partial charge in [0.2, 0.25) is 5.91 Å². The molecule has 0 unspecified atom stereocenters. The van der Waals surface area contributed by atoms with Gasteiger partial charge in [-0.2, -0.15) is 5.26 Å². The number of methoxy groups -OCH3 is 2. The normalized spacial score (nSPS) is 13.6. The average Bonchev–Trinajstić information content (AvgIpc) is 2.88. The molecule has 0 N–H and O–H groups in total. The quantitative estimate of drug-likeness (QED) is 0.472. The Bertz CT molecular complexity index is 1180. The zero-order valence-electron chi connectivity index (χ0n) is 19.4. The number of rotatable bonds is 8. The van der Waals surface area contributed by atoms with Crippen LogP contribution in [-0.4, -0.2) is 74.4 Å². The lowest BCUT2D eigenvalue weighted by molar-refractivity contribution is -0.130. The molecule has 34 heavy (non-hydrogen) atoms. The number of benzene rings is 2. The van der Waals surface area contributed by atoms with Crippen molar-refractivity contribution in [1.29, 1.82) is 5.26 Å². The Balaban J connectivity index is 1.45. The summed E-state index contributed by atoms with van der Waals surface area (Å²) in [5.74, 6) is 2.10. The molecule has 1 fully saturated rings. The molecule has 1 amide bonds. The van der Waals surface area contributed by atoms with Crippen molar-refractivity contribution in [2.75, 3.05) is 58.5 Å². The Hall–Kier alpha value is -3.90. The molecule has 1 aliphatic rings. The molecule has 1 saturated heterocycles. The van der Waals surface area contributed by atoms with Crippen molar-refractivity contribution in [3.8, 4) is 17.6 Å². The zero-order chi connectivity index (χ0) is 23.9. The zero-order valence-corrected chi connectivity index (χ0v) is 19.4. The number of nitrogens with zero attached hydrogens (tertiary/aromatic N) is 5. The molecule has 1 aromatic heterocycles. The third-order valence-corrected chi connectivity index (χ3v) is 5.82. The van der Waals surface area contributed by atoms with E-state index in [1.54, 1.807) is 32.7 Å². The van der Waals surface area contributed by atoms with E-state index in [-0.39, 0.29) is 5.91 Å². The van der Waals surface area contributed by atoms with Crippen LogP contribution in [0, 0.1) is 11.3 Å². The van der Waals surface area contributed by atoms with E-state index in [9.17, 15) is 4.79 Å². The Morgan fingerprint density at radius 2 is 1.79 bits per heavy atom. The van der Waals surface area contributed by atoms with Crippen molar-refractivity contribution < 1.29 is 19.0 Å². The summed E-state index contributed by atoms with van der Waals surface area (Å²) in [5, 5.41) is 9.80. The number of hydrogen-bond donors (Lipinski definition) is 0. The molecule has 9 heteroatoms. The fourth-order valence-corrected chi connectivity index (χ4v) is 3.96. The highest BCUT2D eigenvalue weighted by Gasteiger charge is 2.24. The second kappa shape index (κ2) is 10.8. The topological polar surface area (TPSA) is 101 Å². The number of carbonyl (C=O) groups excluding carboxylic acids is 1. The second-order valence-electron chi connectivity index (χ2n) is 7.91. The molecule has 176 valence electrons. The van der Waals surface area contributed by atoms with Gasteiger partial charge in [0.1, 0.15) is 18.8 Å². The van der Waals surface area contributed by atoms with Crippen molar-refractivity contribution >= 4 is 22.6 Å². The van der Waals surface area contributed by atoms with E-state index in [0.29, 0.717) is 62.9 Å². The molecule has 0 spiro atoms. The predicted octanol–water partition coefficient (Wildman–Crippen LogP) is 2.43. The second-order valence-corrected chi connectivity index (χ2v) is 7.91. The average molecular weight is 462 g/mol. The summed E-state index contributed by atoms with van der Waals surface area (Å²) < 4.78 is 16.4.